The summed E-state index contributed by atoms with van der Waals surface area (Å²) in [5, 5.41) is 19.5. The normalized spacial score (nSPS) is 15.5. The van der Waals surface area contributed by atoms with Crippen molar-refractivity contribution in [2.75, 3.05) is 26.2 Å². The number of benzene rings is 2. The van der Waals surface area contributed by atoms with Crippen molar-refractivity contribution >= 4 is 5.91 Å². The van der Waals surface area contributed by atoms with Crippen molar-refractivity contribution in [1.29, 1.82) is 0 Å². The summed E-state index contributed by atoms with van der Waals surface area (Å²) in [5.74, 6) is -0.0915. The molecule has 1 heterocycles. The van der Waals surface area contributed by atoms with Gasteiger partial charge in [-0.2, -0.15) is 0 Å². The van der Waals surface area contributed by atoms with Gasteiger partial charge in [-0.15, -0.1) is 0 Å². The lowest BCUT2D eigenvalue weighted by Gasteiger charge is -2.35. The Morgan fingerprint density at radius 1 is 1.00 bits per heavy atom. The number of hydrogen-bond acceptors (Lipinski definition) is 4. The molecule has 126 valence electrons. The van der Waals surface area contributed by atoms with E-state index in [9.17, 15) is 15.0 Å². The van der Waals surface area contributed by atoms with Crippen LogP contribution in [0.3, 0.4) is 0 Å². The van der Waals surface area contributed by atoms with Gasteiger partial charge in [-0.25, -0.2) is 0 Å². The lowest BCUT2D eigenvalue weighted by Crippen LogP contribution is -2.48. The van der Waals surface area contributed by atoms with E-state index < -0.39 is 0 Å². The number of piperazine rings is 1. The van der Waals surface area contributed by atoms with Gasteiger partial charge in [-0.05, 0) is 25.1 Å². The van der Waals surface area contributed by atoms with Crippen LogP contribution in [0.15, 0.2) is 42.5 Å². The topological polar surface area (TPSA) is 64.0 Å². The zero-order chi connectivity index (χ0) is 17.1. The quantitative estimate of drug-likeness (QED) is 0.850. The molecule has 1 saturated heterocycles. The molecule has 24 heavy (non-hydrogen) atoms. The zero-order valence-electron chi connectivity index (χ0n) is 13.8. The minimum absolute atomic E-state index is 0.0596. The second-order valence-electron chi connectivity index (χ2n) is 6.22. The molecule has 0 atom stereocenters. The Labute approximate surface area is 141 Å². The van der Waals surface area contributed by atoms with Crippen molar-refractivity contribution in [3.63, 3.8) is 0 Å². The number of carbonyl (C=O) groups excluding carboxylic acids is 1. The van der Waals surface area contributed by atoms with Crippen LogP contribution in [-0.2, 0) is 6.54 Å². The number of aromatic hydroxyl groups is 2. The summed E-state index contributed by atoms with van der Waals surface area (Å²) in [7, 11) is 0. The second-order valence-corrected chi connectivity index (χ2v) is 6.22. The molecule has 2 N–H and O–H groups in total. The third-order valence-electron chi connectivity index (χ3n) is 4.45. The van der Waals surface area contributed by atoms with Gasteiger partial charge in [-0.3, -0.25) is 9.69 Å². The van der Waals surface area contributed by atoms with Gasteiger partial charge in [0, 0.05) is 43.9 Å². The van der Waals surface area contributed by atoms with Crippen molar-refractivity contribution in [2.24, 2.45) is 0 Å². The smallest absolute Gasteiger partial charge is 0.253 e. The van der Waals surface area contributed by atoms with Crippen molar-refractivity contribution < 1.29 is 15.0 Å². The molecule has 0 aromatic heterocycles. The van der Waals surface area contributed by atoms with Gasteiger partial charge in [0.05, 0.1) is 0 Å². The largest absolute Gasteiger partial charge is 0.504 e. The van der Waals surface area contributed by atoms with Crippen LogP contribution in [0.1, 0.15) is 21.5 Å². The Balaban J connectivity index is 1.58. The summed E-state index contributed by atoms with van der Waals surface area (Å²) < 4.78 is 0. The highest BCUT2D eigenvalue weighted by Crippen LogP contribution is 2.29. The highest BCUT2D eigenvalue weighted by molar-refractivity contribution is 5.94. The maximum Gasteiger partial charge on any atom is 0.253 e. The van der Waals surface area contributed by atoms with Gasteiger partial charge in [0.25, 0.3) is 5.91 Å². The molecule has 1 fully saturated rings. The van der Waals surface area contributed by atoms with Crippen molar-refractivity contribution in [2.45, 2.75) is 13.5 Å². The molecule has 1 amide bonds. The maximum absolute atomic E-state index is 12.5. The molecule has 0 aliphatic carbocycles. The summed E-state index contributed by atoms with van der Waals surface area (Å²) in [6.45, 7) is 5.37. The lowest BCUT2D eigenvalue weighted by molar-refractivity contribution is 0.0627. The van der Waals surface area contributed by atoms with Crippen LogP contribution in [0.25, 0.3) is 0 Å². The van der Waals surface area contributed by atoms with E-state index in [1.807, 2.05) is 36.1 Å². The third kappa shape index (κ3) is 3.51. The molecule has 3 rings (SSSR count). The van der Waals surface area contributed by atoms with Gasteiger partial charge in [0.1, 0.15) is 0 Å². The minimum atomic E-state index is -0.0966. The Hall–Kier alpha value is -2.53. The molecule has 0 spiro atoms. The number of nitrogens with zero attached hydrogens (tertiary/aromatic N) is 2. The van der Waals surface area contributed by atoms with Crippen LogP contribution >= 0.6 is 0 Å². The highest BCUT2D eigenvalue weighted by Gasteiger charge is 2.22. The van der Waals surface area contributed by atoms with Crippen LogP contribution in [0.5, 0.6) is 11.5 Å². The van der Waals surface area contributed by atoms with Crippen LogP contribution in [-0.4, -0.2) is 52.1 Å². The minimum Gasteiger partial charge on any atom is -0.504 e. The zero-order valence-corrected chi connectivity index (χ0v) is 13.8. The molecule has 1 aliphatic heterocycles. The van der Waals surface area contributed by atoms with Gasteiger partial charge in [-0.1, -0.05) is 29.8 Å². The lowest BCUT2D eigenvalue weighted by atomic mass is 10.1. The van der Waals surface area contributed by atoms with Gasteiger partial charge in [0.15, 0.2) is 11.5 Å². The fourth-order valence-corrected chi connectivity index (χ4v) is 2.93. The molecule has 5 nitrogen and oxygen atoms in total. The predicted molar refractivity (Wildman–Crippen MR) is 92.1 cm³/mol. The van der Waals surface area contributed by atoms with Crippen LogP contribution in [0.2, 0.25) is 0 Å². The molecule has 0 unspecified atom stereocenters. The molecular weight excluding hydrogens is 304 g/mol. The number of rotatable bonds is 3. The number of amides is 1. The van der Waals surface area contributed by atoms with Crippen LogP contribution < -0.4 is 0 Å². The summed E-state index contributed by atoms with van der Waals surface area (Å²) in [4.78, 5) is 16.5. The number of phenols is 2. The first kappa shape index (κ1) is 16.3. The van der Waals surface area contributed by atoms with Gasteiger partial charge in [0.2, 0.25) is 0 Å². The summed E-state index contributed by atoms with van der Waals surface area (Å²) >= 11 is 0. The molecule has 0 bridgehead atoms. The second kappa shape index (κ2) is 6.93. The van der Waals surface area contributed by atoms with E-state index in [1.54, 1.807) is 12.1 Å². The maximum atomic E-state index is 12.5. The van der Waals surface area contributed by atoms with E-state index in [0.29, 0.717) is 25.2 Å². The number of phenolic OH excluding ortho intramolecular Hbond substituents is 2. The number of carbonyl (C=O) groups is 1. The first-order valence-electron chi connectivity index (χ1n) is 8.13. The van der Waals surface area contributed by atoms with E-state index in [4.69, 9.17) is 0 Å². The molecule has 5 heteroatoms. The number of aryl methyl sites for hydroxylation is 1. The Morgan fingerprint density at radius 3 is 2.33 bits per heavy atom. The summed E-state index contributed by atoms with van der Waals surface area (Å²) in [6.07, 6.45) is 0. The van der Waals surface area contributed by atoms with Crippen molar-refractivity contribution in [3.8, 4) is 11.5 Å². The first-order valence-corrected chi connectivity index (χ1v) is 8.13. The Bertz CT molecular complexity index is 720. The number of hydrogen-bond donors (Lipinski definition) is 2. The summed E-state index contributed by atoms with van der Waals surface area (Å²) in [6, 6.07) is 12.6. The predicted octanol–water partition coefficient (Wildman–Crippen LogP) is 2.36. The Morgan fingerprint density at radius 2 is 1.67 bits per heavy atom. The van der Waals surface area contributed by atoms with E-state index in [-0.39, 0.29) is 17.4 Å². The monoisotopic (exact) mass is 326 g/mol. The molecule has 0 radical (unpaired) electrons. The van der Waals surface area contributed by atoms with E-state index in [1.165, 1.54) is 6.07 Å². The number of para-hydroxylation sites is 1. The molecular formula is C19H22N2O3. The highest BCUT2D eigenvalue weighted by atomic mass is 16.3. The molecule has 2 aromatic rings. The van der Waals surface area contributed by atoms with Crippen molar-refractivity contribution in [1.82, 2.24) is 9.80 Å². The van der Waals surface area contributed by atoms with Crippen molar-refractivity contribution in [3.05, 3.63) is 59.2 Å². The summed E-state index contributed by atoms with van der Waals surface area (Å²) in [5.41, 5.74) is 2.57. The molecule has 2 aromatic carbocycles. The van der Waals surface area contributed by atoms with Crippen LogP contribution in [0, 0.1) is 6.92 Å². The standard InChI is InChI=1S/C19H22N2O3/c1-14-5-7-15(8-6-14)19(24)21-11-9-20(10-12-21)13-16-3-2-4-17(22)18(16)23/h2-8,22-23H,9-13H2,1H3. The third-order valence-corrected chi connectivity index (χ3v) is 4.45. The average Bonchev–Trinajstić information content (AvgIpc) is 2.60. The SMILES string of the molecule is Cc1ccc(C(=O)N2CCN(Cc3cccc(O)c3O)CC2)cc1. The van der Waals surface area contributed by atoms with E-state index in [2.05, 4.69) is 4.90 Å². The fourth-order valence-electron chi connectivity index (χ4n) is 2.93. The van der Waals surface area contributed by atoms with Gasteiger partial charge >= 0.3 is 0 Å². The molecule has 0 saturated carbocycles. The Kier molecular flexibility index (Phi) is 4.71. The fraction of sp³-hybridized carbons (Fsp3) is 0.316. The van der Waals surface area contributed by atoms with E-state index in [0.717, 1.165) is 24.2 Å². The molecule has 1 aliphatic rings. The van der Waals surface area contributed by atoms with E-state index >= 15 is 0 Å². The average molecular weight is 326 g/mol. The van der Waals surface area contributed by atoms with Gasteiger partial charge < -0.3 is 15.1 Å². The first-order chi connectivity index (χ1) is 11.5. The van der Waals surface area contributed by atoms with Crippen LogP contribution in [0.4, 0.5) is 0 Å².